The van der Waals surface area contributed by atoms with Crippen molar-refractivity contribution in [1.82, 2.24) is 15.5 Å². The summed E-state index contributed by atoms with van der Waals surface area (Å²) in [6, 6.07) is 8.20. The van der Waals surface area contributed by atoms with Gasteiger partial charge in [-0.15, -0.1) is 0 Å². The van der Waals surface area contributed by atoms with E-state index in [4.69, 9.17) is 16.3 Å². The quantitative estimate of drug-likeness (QED) is 0.568. The maximum absolute atomic E-state index is 12.9. The summed E-state index contributed by atoms with van der Waals surface area (Å²) in [5.74, 6) is -0.599. The zero-order chi connectivity index (χ0) is 23.1. The summed E-state index contributed by atoms with van der Waals surface area (Å²) >= 11 is 6.97. The van der Waals surface area contributed by atoms with Crippen molar-refractivity contribution in [3.8, 4) is 5.06 Å². The van der Waals surface area contributed by atoms with Crippen LogP contribution in [0.25, 0.3) is 0 Å². The van der Waals surface area contributed by atoms with Crippen LogP contribution in [0.1, 0.15) is 24.5 Å². The van der Waals surface area contributed by atoms with E-state index in [1.807, 2.05) is 18.2 Å². The lowest BCUT2D eigenvalue weighted by Crippen LogP contribution is -2.46. The highest BCUT2D eigenvalue weighted by molar-refractivity contribution is 7.17. The van der Waals surface area contributed by atoms with Crippen molar-refractivity contribution in [2.24, 2.45) is 0 Å². The van der Waals surface area contributed by atoms with Gasteiger partial charge < -0.3 is 25.6 Å². The Labute approximate surface area is 196 Å². The predicted octanol–water partition coefficient (Wildman–Crippen LogP) is 3.05. The first kappa shape index (κ1) is 24.0. The van der Waals surface area contributed by atoms with E-state index in [9.17, 15) is 14.4 Å². The van der Waals surface area contributed by atoms with E-state index in [0.29, 0.717) is 15.1 Å². The molecular formula is C22H27ClN4O4S. The molecule has 0 saturated carbocycles. The molecule has 0 bridgehead atoms. The average molecular weight is 479 g/mol. The van der Waals surface area contributed by atoms with Gasteiger partial charge in [0.15, 0.2) is 5.06 Å². The van der Waals surface area contributed by atoms with Gasteiger partial charge in [-0.1, -0.05) is 29.0 Å². The van der Waals surface area contributed by atoms with E-state index in [-0.39, 0.29) is 24.8 Å². The lowest BCUT2D eigenvalue weighted by Gasteiger charge is -2.19. The molecule has 1 aliphatic heterocycles. The van der Waals surface area contributed by atoms with E-state index in [0.717, 1.165) is 37.3 Å². The van der Waals surface area contributed by atoms with Gasteiger partial charge in [0.25, 0.3) is 0 Å². The molecule has 1 aromatic carbocycles. The van der Waals surface area contributed by atoms with Crippen LogP contribution in [0.4, 0.5) is 10.5 Å². The van der Waals surface area contributed by atoms with Crippen molar-refractivity contribution in [3.05, 3.63) is 45.8 Å². The molecule has 3 N–H and O–H groups in total. The zero-order valence-corrected chi connectivity index (χ0v) is 19.6. The van der Waals surface area contributed by atoms with Crippen molar-refractivity contribution in [2.75, 3.05) is 32.0 Å². The van der Waals surface area contributed by atoms with Gasteiger partial charge in [-0.2, -0.15) is 0 Å². The van der Waals surface area contributed by atoms with Crippen LogP contribution in [0.2, 0.25) is 4.34 Å². The van der Waals surface area contributed by atoms with Gasteiger partial charge in [0.1, 0.15) is 6.04 Å². The zero-order valence-electron chi connectivity index (χ0n) is 18.1. The third kappa shape index (κ3) is 7.22. The second-order valence-corrected chi connectivity index (χ2v) is 9.37. The molecule has 1 aliphatic rings. The maximum atomic E-state index is 12.9. The Balaban J connectivity index is 1.66. The number of likely N-dealkylation sites (N-methyl/N-ethyl adjacent to an activating group) is 1. The number of rotatable bonds is 7. The van der Waals surface area contributed by atoms with Crippen LogP contribution in [0.15, 0.2) is 30.3 Å². The third-order valence-electron chi connectivity index (χ3n) is 5.16. The molecule has 172 valence electrons. The molecule has 0 radical (unpaired) electrons. The van der Waals surface area contributed by atoms with Crippen molar-refractivity contribution < 1.29 is 19.1 Å². The standard InChI is InChI=1S/C22H27ClN4O4S/c1-14(28)24-10-7-18(26-22(30)31-20-6-5-19(23)32-20)21(29)25-17-4-3-15-8-11-27(2)12-9-16(15)13-17/h3-6,13,18H,7-12H2,1-2H3,(H,24,28)(H,25,29)(H,26,30)/t18-/m1/s1. The van der Waals surface area contributed by atoms with Crippen LogP contribution in [-0.4, -0.2) is 55.5 Å². The summed E-state index contributed by atoms with van der Waals surface area (Å²) in [6.07, 6.45) is 1.33. The van der Waals surface area contributed by atoms with Crippen LogP contribution in [0.5, 0.6) is 5.06 Å². The van der Waals surface area contributed by atoms with Crippen molar-refractivity contribution >= 4 is 46.5 Å². The van der Waals surface area contributed by atoms with Crippen molar-refractivity contribution in [1.29, 1.82) is 0 Å². The lowest BCUT2D eigenvalue weighted by molar-refractivity contribution is -0.120. The Hall–Kier alpha value is -2.62. The maximum Gasteiger partial charge on any atom is 0.414 e. The van der Waals surface area contributed by atoms with Gasteiger partial charge in [-0.3, -0.25) is 9.59 Å². The molecule has 0 unspecified atom stereocenters. The van der Waals surface area contributed by atoms with E-state index in [1.54, 1.807) is 12.1 Å². The Morgan fingerprint density at radius 1 is 1.16 bits per heavy atom. The lowest BCUT2D eigenvalue weighted by atomic mass is 10.0. The topological polar surface area (TPSA) is 99.8 Å². The second-order valence-electron chi connectivity index (χ2n) is 7.69. The molecule has 0 saturated heterocycles. The van der Waals surface area contributed by atoms with E-state index < -0.39 is 12.1 Å². The number of hydrogen-bond donors (Lipinski definition) is 3. The molecule has 1 aromatic heterocycles. The smallest absolute Gasteiger partial charge is 0.399 e. The number of halogens is 1. The predicted molar refractivity (Wildman–Crippen MR) is 126 cm³/mol. The van der Waals surface area contributed by atoms with Gasteiger partial charge >= 0.3 is 6.09 Å². The summed E-state index contributed by atoms with van der Waals surface area (Å²) in [4.78, 5) is 38.7. The van der Waals surface area contributed by atoms with Crippen molar-refractivity contribution in [3.63, 3.8) is 0 Å². The molecule has 0 aliphatic carbocycles. The monoisotopic (exact) mass is 478 g/mol. The van der Waals surface area contributed by atoms with Crippen molar-refractivity contribution in [2.45, 2.75) is 32.2 Å². The molecule has 8 nitrogen and oxygen atoms in total. The van der Waals surface area contributed by atoms with Crippen LogP contribution in [-0.2, 0) is 22.4 Å². The van der Waals surface area contributed by atoms with E-state index in [1.165, 1.54) is 18.1 Å². The number of anilines is 1. The highest BCUT2D eigenvalue weighted by Gasteiger charge is 2.23. The summed E-state index contributed by atoms with van der Waals surface area (Å²) in [5, 5.41) is 8.43. The number of thiophene rings is 1. The minimum Gasteiger partial charge on any atom is -0.399 e. The van der Waals surface area contributed by atoms with Gasteiger partial charge in [0.2, 0.25) is 11.8 Å². The minimum atomic E-state index is -0.894. The second kappa shape index (κ2) is 11.3. The number of amides is 3. The number of nitrogens with zero attached hydrogens (tertiary/aromatic N) is 1. The Kier molecular flexibility index (Phi) is 8.49. The fraction of sp³-hybridized carbons (Fsp3) is 0.409. The average Bonchev–Trinajstić information content (AvgIpc) is 3.04. The van der Waals surface area contributed by atoms with E-state index >= 15 is 0 Å². The SMILES string of the molecule is CC(=O)NCC[C@@H](NC(=O)Oc1ccc(Cl)s1)C(=O)Nc1ccc2c(c1)CCN(C)CC2. The highest BCUT2D eigenvalue weighted by atomic mass is 35.5. The Morgan fingerprint density at radius 2 is 1.91 bits per heavy atom. The molecule has 0 spiro atoms. The molecule has 3 amide bonds. The molecule has 2 heterocycles. The van der Waals surface area contributed by atoms with Crippen LogP contribution in [0, 0.1) is 0 Å². The fourth-order valence-corrected chi connectivity index (χ4v) is 4.29. The normalized spacial score (nSPS) is 14.6. The first-order valence-electron chi connectivity index (χ1n) is 10.4. The summed E-state index contributed by atoms with van der Waals surface area (Å²) in [6.45, 7) is 3.59. The third-order valence-corrected chi connectivity index (χ3v) is 6.27. The largest absolute Gasteiger partial charge is 0.414 e. The molecule has 2 aromatic rings. The number of carbonyl (C=O) groups is 3. The number of fused-ring (bicyclic) bond motifs is 1. The Morgan fingerprint density at radius 3 is 2.59 bits per heavy atom. The van der Waals surface area contributed by atoms with Gasteiger partial charge in [0, 0.05) is 32.2 Å². The van der Waals surface area contributed by atoms with E-state index in [2.05, 4.69) is 27.9 Å². The summed E-state index contributed by atoms with van der Waals surface area (Å²) in [7, 11) is 2.10. The van der Waals surface area contributed by atoms with Gasteiger partial charge in [-0.25, -0.2) is 4.79 Å². The fourth-order valence-electron chi connectivity index (χ4n) is 3.42. The molecule has 0 fully saturated rings. The molecule has 1 atom stereocenters. The van der Waals surface area contributed by atoms with Crippen LogP contribution < -0.4 is 20.7 Å². The first-order valence-corrected chi connectivity index (χ1v) is 11.6. The molecular weight excluding hydrogens is 452 g/mol. The molecule has 32 heavy (non-hydrogen) atoms. The first-order chi connectivity index (χ1) is 15.3. The number of ether oxygens (including phenoxy) is 1. The van der Waals surface area contributed by atoms with Crippen LogP contribution in [0.3, 0.4) is 0 Å². The number of hydrogen-bond acceptors (Lipinski definition) is 6. The van der Waals surface area contributed by atoms with Gasteiger partial charge in [-0.05, 0) is 61.7 Å². The number of carbonyl (C=O) groups excluding carboxylic acids is 3. The summed E-state index contributed by atoms with van der Waals surface area (Å²) in [5.41, 5.74) is 3.16. The summed E-state index contributed by atoms with van der Waals surface area (Å²) < 4.78 is 5.69. The molecule has 3 rings (SSSR count). The number of nitrogens with one attached hydrogen (secondary N) is 3. The number of benzene rings is 1. The highest BCUT2D eigenvalue weighted by Crippen LogP contribution is 2.28. The minimum absolute atomic E-state index is 0.210. The molecule has 10 heteroatoms. The van der Waals surface area contributed by atoms with Crippen LogP contribution >= 0.6 is 22.9 Å². The Bertz CT molecular complexity index is 981. The van der Waals surface area contributed by atoms with Gasteiger partial charge in [0.05, 0.1) is 4.34 Å².